The minimum atomic E-state index is -0.295. The van der Waals surface area contributed by atoms with Gasteiger partial charge in [0.05, 0.1) is 12.2 Å². The summed E-state index contributed by atoms with van der Waals surface area (Å²) >= 11 is 0. The Bertz CT molecular complexity index is 734. The summed E-state index contributed by atoms with van der Waals surface area (Å²) in [4.78, 5) is 12.4. The zero-order valence-corrected chi connectivity index (χ0v) is 19.7. The van der Waals surface area contributed by atoms with E-state index in [0.29, 0.717) is 12.2 Å². The molecule has 0 aliphatic rings. The molecule has 0 amide bonds. The molecule has 2 aromatic carbocycles. The van der Waals surface area contributed by atoms with Gasteiger partial charge in [-0.2, -0.15) is 0 Å². The molecular weight excluding hydrogens is 384 g/mol. The number of ether oxygens (including phenoxy) is 2. The van der Waals surface area contributed by atoms with Gasteiger partial charge in [-0.15, -0.1) is 0 Å². The Kier molecular flexibility index (Phi) is 12.0. The standard InChI is InChI=1S/C28H40O3/c1-4-6-8-9-11-21-30-22-23(3)31-28(29)27-19-17-26(18-20-27)25-15-13-24(14-16-25)12-10-7-5-2/h13-20,23H,4-12,21-22H2,1-3H3. The Labute approximate surface area is 189 Å². The van der Waals surface area contributed by atoms with Crippen LogP contribution in [-0.2, 0) is 15.9 Å². The highest BCUT2D eigenvalue weighted by atomic mass is 16.6. The van der Waals surface area contributed by atoms with E-state index in [-0.39, 0.29) is 12.1 Å². The van der Waals surface area contributed by atoms with Crippen molar-refractivity contribution in [1.29, 1.82) is 0 Å². The van der Waals surface area contributed by atoms with E-state index in [1.54, 1.807) is 0 Å². The van der Waals surface area contributed by atoms with Crippen molar-refractivity contribution in [3.8, 4) is 11.1 Å². The Hall–Kier alpha value is -2.13. The Balaban J connectivity index is 1.75. The number of hydrogen-bond acceptors (Lipinski definition) is 3. The van der Waals surface area contributed by atoms with Crippen LogP contribution in [0.3, 0.4) is 0 Å². The molecule has 0 bridgehead atoms. The molecule has 3 nitrogen and oxygen atoms in total. The van der Waals surface area contributed by atoms with Crippen molar-refractivity contribution in [2.24, 2.45) is 0 Å². The van der Waals surface area contributed by atoms with Crippen LogP contribution in [0.25, 0.3) is 11.1 Å². The smallest absolute Gasteiger partial charge is 0.338 e. The largest absolute Gasteiger partial charge is 0.457 e. The van der Waals surface area contributed by atoms with Crippen molar-refractivity contribution in [3.63, 3.8) is 0 Å². The minimum Gasteiger partial charge on any atom is -0.457 e. The third-order valence-electron chi connectivity index (χ3n) is 5.53. The second-order valence-electron chi connectivity index (χ2n) is 8.44. The number of esters is 1. The highest BCUT2D eigenvalue weighted by Crippen LogP contribution is 2.21. The number of rotatable bonds is 15. The fourth-order valence-corrected chi connectivity index (χ4v) is 3.58. The summed E-state index contributed by atoms with van der Waals surface area (Å²) in [7, 11) is 0. The van der Waals surface area contributed by atoms with Crippen LogP contribution in [0.4, 0.5) is 0 Å². The van der Waals surface area contributed by atoms with Crippen LogP contribution in [0.5, 0.6) is 0 Å². The maximum atomic E-state index is 12.4. The first-order valence-corrected chi connectivity index (χ1v) is 12.1. The number of aryl methyl sites for hydroxylation is 1. The van der Waals surface area contributed by atoms with Gasteiger partial charge in [-0.1, -0.05) is 88.8 Å². The Morgan fingerprint density at radius 3 is 2.00 bits per heavy atom. The van der Waals surface area contributed by atoms with E-state index in [0.717, 1.165) is 25.0 Å². The molecule has 0 fully saturated rings. The second-order valence-corrected chi connectivity index (χ2v) is 8.44. The maximum absolute atomic E-state index is 12.4. The lowest BCUT2D eigenvalue weighted by Gasteiger charge is -2.14. The van der Waals surface area contributed by atoms with Crippen LogP contribution in [0.2, 0.25) is 0 Å². The van der Waals surface area contributed by atoms with Crippen LogP contribution >= 0.6 is 0 Å². The van der Waals surface area contributed by atoms with Gasteiger partial charge in [0.2, 0.25) is 0 Å². The molecule has 0 aliphatic heterocycles. The summed E-state index contributed by atoms with van der Waals surface area (Å²) < 4.78 is 11.2. The van der Waals surface area contributed by atoms with Crippen molar-refractivity contribution in [2.45, 2.75) is 84.7 Å². The molecule has 0 saturated carbocycles. The number of hydrogen-bond donors (Lipinski definition) is 0. The van der Waals surface area contributed by atoms with E-state index in [2.05, 4.69) is 38.1 Å². The summed E-state index contributed by atoms with van der Waals surface area (Å²) in [5.74, 6) is -0.295. The fourth-order valence-electron chi connectivity index (χ4n) is 3.58. The van der Waals surface area contributed by atoms with Gasteiger partial charge in [-0.05, 0) is 55.0 Å². The van der Waals surface area contributed by atoms with E-state index >= 15 is 0 Å². The first-order chi connectivity index (χ1) is 15.1. The number of unbranched alkanes of at least 4 members (excludes halogenated alkanes) is 6. The first kappa shape index (κ1) is 25.1. The Morgan fingerprint density at radius 2 is 1.35 bits per heavy atom. The van der Waals surface area contributed by atoms with E-state index in [1.165, 1.54) is 56.1 Å². The molecule has 0 radical (unpaired) electrons. The van der Waals surface area contributed by atoms with Crippen molar-refractivity contribution in [1.82, 2.24) is 0 Å². The molecular formula is C28H40O3. The lowest BCUT2D eigenvalue weighted by Crippen LogP contribution is -2.20. The number of carbonyl (C=O) groups is 1. The van der Waals surface area contributed by atoms with E-state index in [1.807, 2.05) is 31.2 Å². The molecule has 31 heavy (non-hydrogen) atoms. The minimum absolute atomic E-state index is 0.247. The summed E-state index contributed by atoms with van der Waals surface area (Å²) in [6.45, 7) is 7.51. The maximum Gasteiger partial charge on any atom is 0.338 e. The molecule has 170 valence electrons. The molecule has 0 aromatic heterocycles. The van der Waals surface area contributed by atoms with Gasteiger partial charge in [-0.3, -0.25) is 0 Å². The molecule has 1 atom stereocenters. The average Bonchev–Trinajstić information content (AvgIpc) is 2.79. The van der Waals surface area contributed by atoms with E-state index < -0.39 is 0 Å². The van der Waals surface area contributed by atoms with Crippen LogP contribution in [0, 0.1) is 0 Å². The third-order valence-corrected chi connectivity index (χ3v) is 5.53. The lowest BCUT2D eigenvalue weighted by molar-refractivity contribution is 0.00152. The van der Waals surface area contributed by atoms with Crippen molar-refractivity contribution < 1.29 is 14.3 Å². The normalized spacial score (nSPS) is 12.0. The lowest BCUT2D eigenvalue weighted by atomic mass is 10.0. The predicted octanol–water partition coefficient (Wildman–Crippen LogP) is 7.62. The average molecular weight is 425 g/mol. The summed E-state index contributed by atoms with van der Waals surface area (Å²) in [5.41, 5.74) is 4.23. The van der Waals surface area contributed by atoms with Gasteiger partial charge in [-0.25, -0.2) is 4.79 Å². The van der Waals surface area contributed by atoms with Crippen LogP contribution in [0.15, 0.2) is 48.5 Å². The van der Waals surface area contributed by atoms with Crippen LogP contribution in [-0.4, -0.2) is 25.3 Å². The summed E-state index contributed by atoms with van der Waals surface area (Å²) in [6, 6.07) is 16.4. The Morgan fingerprint density at radius 1 is 0.774 bits per heavy atom. The topological polar surface area (TPSA) is 35.5 Å². The molecule has 0 N–H and O–H groups in total. The highest BCUT2D eigenvalue weighted by Gasteiger charge is 2.12. The molecule has 0 heterocycles. The van der Waals surface area contributed by atoms with Gasteiger partial charge in [0.15, 0.2) is 0 Å². The number of carbonyl (C=O) groups excluding carboxylic acids is 1. The van der Waals surface area contributed by atoms with Gasteiger partial charge in [0.25, 0.3) is 0 Å². The zero-order valence-electron chi connectivity index (χ0n) is 19.7. The molecule has 0 saturated heterocycles. The zero-order chi connectivity index (χ0) is 22.3. The summed E-state index contributed by atoms with van der Waals surface area (Å²) in [5, 5.41) is 0. The van der Waals surface area contributed by atoms with Crippen molar-refractivity contribution >= 4 is 5.97 Å². The van der Waals surface area contributed by atoms with Crippen LogP contribution < -0.4 is 0 Å². The van der Waals surface area contributed by atoms with Crippen LogP contribution in [0.1, 0.15) is 88.1 Å². The van der Waals surface area contributed by atoms with E-state index in [9.17, 15) is 4.79 Å². The monoisotopic (exact) mass is 424 g/mol. The van der Waals surface area contributed by atoms with Crippen molar-refractivity contribution in [3.05, 3.63) is 59.7 Å². The summed E-state index contributed by atoms with van der Waals surface area (Å²) in [6.07, 6.45) is 10.7. The highest BCUT2D eigenvalue weighted by molar-refractivity contribution is 5.90. The first-order valence-electron chi connectivity index (χ1n) is 12.1. The molecule has 3 heteroatoms. The van der Waals surface area contributed by atoms with E-state index in [4.69, 9.17) is 9.47 Å². The second kappa shape index (κ2) is 14.8. The predicted molar refractivity (Wildman–Crippen MR) is 130 cm³/mol. The van der Waals surface area contributed by atoms with Gasteiger partial charge in [0.1, 0.15) is 6.10 Å². The number of benzene rings is 2. The van der Waals surface area contributed by atoms with Crippen molar-refractivity contribution in [2.75, 3.05) is 13.2 Å². The molecule has 1 unspecified atom stereocenters. The van der Waals surface area contributed by atoms with Gasteiger partial charge in [0, 0.05) is 6.61 Å². The quantitative estimate of drug-likeness (QED) is 0.218. The fraction of sp³-hybridized carbons (Fsp3) is 0.536. The third kappa shape index (κ3) is 9.69. The molecule has 2 rings (SSSR count). The molecule has 0 spiro atoms. The van der Waals surface area contributed by atoms with Gasteiger partial charge < -0.3 is 9.47 Å². The van der Waals surface area contributed by atoms with Gasteiger partial charge >= 0.3 is 5.97 Å². The SMILES string of the molecule is CCCCCCCOCC(C)OC(=O)c1ccc(-c2ccc(CCCCC)cc2)cc1. The molecule has 2 aromatic rings. The molecule has 0 aliphatic carbocycles.